The fourth-order valence-electron chi connectivity index (χ4n) is 1.60. The van der Waals surface area contributed by atoms with Crippen molar-refractivity contribution >= 4 is 6.29 Å². The molecule has 2 rings (SSSR count). The minimum atomic E-state index is -4.64. The van der Waals surface area contributed by atoms with Crippen molar-refractivity contribution in [3.05, 3.63) is 59.2 Å². The van der Waals surface area contributed by atoms with E-state index in [0.29, 0.717) is 12.1 Å². The average Bonchev–Trinajstić information content (AvgIpc) is 2.42. The molecule has 7 heteroatoms. The van der Waals surface area contributed by atoms with Gasteiger partial charge in [0.1, 0.15) is 5.75 Å². The third-order valence-electron chi connectivity index (χ3n) is 2.60. The first-order valence-electron chi connectivity index (χ1n) is 5.61. The molecule has 0 saturated heterocycles. The number of hydrogen-bond acceptors (Lipinski definition) is 2. The van der Waals surface area contributed by atoms with Crippen LogP contribution in [0.3, 0.4) is 0 Å². The van der Waals surface area contributed by atoms with E-state index >= 15 is 0 Å². The Kier molecular flexibility index (Phi) is 3.93. The van der Waals surface area contributed by atoms with Crippen LogP contribution in [0, 0.1) is 11.6 Å². The van der Waals surface area contributed by atoms with Crippen LogP contribution in [0.4, 0.5) is 22.0 Å². The Bertz CT molecular complexity index is 659. The summed E-state index contributed by atoms with van der Waals surface area (Å²) in [6.07, 6.45) is -4.52. The van der Waals surface area contributed by atoms with Gasteiger partial charge < -0.3 is 4.74 Å². The molecule has 110 valence electrons. The molecule has 0 spiro atoms. The first-order valence-corrected chi connectivity index (χ1v) is 5.61. The van der Waals surface area contributed by atoms with Gasteiger partial charge in [-0.15, -0.1) is 0 Å². The summed E-state index contributed by atoms with van der Waals surface area (Å²) in [7, 11) is 0. The van der Waals surface area contributed by atoms with Gasteiger partial charge in [-0.1, -0.05) is 6.07 Å². The van der Waals surface area contributed by atoms with Gasteiger partial charge in [0.15, 0.2) is 23.7 Å². The van der Waals surface area contributed by atoms with Gasteiger partial charge in [-0.2, -0.15) is 13.2 Å². The van der Waals surface area contributed by atoms with Gasteiger partial charge in [0.2, 0.25) is 0 Å². The summed E-state index contributed by atoms with van der Waals surface area (Å²) >= 11 is 0. The number of alkyl halides is 3. The van der Waals surface area contributed by atoms with Crippen LogP contribution in [0.25, 0.3) is 0 Å². The normalized spacial score (nSPS) is 11.3. The summed E-state index contributed by atoms with van der Waals surface area (Å²) < 4.78 is 69.2. The van der Waals surface area contributed by atoms with Crippen LogP contribution in [-0.4, -0.2) is 6.29 Å². The van der Waals surface area contributed by atoms with Crippen molar-refractivity contribution in [1.29, 1.82) is 0 Å². The number of carbonyl (C=O) groups excluding carboxylic acids is 1. The van der Waals surface area contributed by atoms with Crippen LogP contribution >= 0.6 is 0 Å². The Morgan fingerprint density at radius 2 is 1.62 bits per heavy atom. The predicted molar refractivity (Wildman–Crippen MR) is 63.3 cm³/mol. The molecule has 0 aromatic heterocycles. The lowest BCUT2D eigenvalue weighted by molar-refractivity contribution is -0.137. The van der Waals surface area contributed by atoms with Crippen molar-refractivity contribution in [2.24, 2.45) is 0 Å². The highest BCUT2D eigenvalue weighted by atomic mass is 19.4. The lowest BCUT2D eigenvalue weighted by Gasteiger charge is -2.12. The minimum Gasteiger partial charge on any atom is -0.450 e. The SMILES string of the molecule is O=Cc1cc(C(F)(F)F)ccc1Oc1c(F)cccc1F. The highest BCUT2D eigenvalue weighted by molar-refractivity contribution is 5.80. The molecular formula is C14H7F5O2. The molecule has 2 nitrogen and oxygen atoms in total. The molecule has 0 aliphatic heterocycles. The fourth-order valence-corrected chi connectivity index (χ4v) is 1.60. The lowest BCUT2D eigenvalue weighted by Crippen LogP contribution is -2.06. The lowest BCUT2D eigenvalue weighted by atomic mass is 10.1. The van der Waals surface area contributed by atoms with E-state index in [1.165, 1.54) is 0 Å². The maximum absolute atomic E-state index is 13.4. The van der Waals surface area contributed by atoms with Crippen LogP contribution < -0.4 is 4.74 Å². The van der Waals surface area contributed by atoms with E-state index in [1.54, 1.807) is 0 Å². The van der Waals surface area contributed by atoms with E-state index in [4.69, 9.17) is 4.74 Å². The van der Waals surface area contributed by atoms with E-state index < -0.39 is 34.7 Å². The van der Waals surface area contributed by atoms with Crippen molar-refractivity contribution in [1.82, 2.24) is 0 Å². The number of para-hydroxylation sites is 1. The van der Waals surface area contributed by atoms with Crippen molar-refractivity contribution in [3.8, 4) is 11.5 Å². The van der Waals surface area contributed by atoms with Crippen LogP contribution in [0.2, 0.25) is 0 Å². The summed E-state index contributed by atoms with van der Waals surface area (Å²) in [5.74, 6) is -3.24. The van der Waals surface area contributed by atoms with Gasteiger partial charge in [-0.05, 0) is 30.3 Å². The van der Waals surface area contributed by atoms with Gasteiger partial charge in [0, 0.05) is 0 Å². The predicted octanol–water partition coefficient (Wildman–Crippen LogP) is 4.59. The molecule has 2 aromatic rings. The highest BCUT2D eigenvalue weighted by Crippen LogP contribution is 2.34. The minimum absolute atomic E-state index is 0.114. The Morgan fingerprint density at radius 1 is 1.00 bits per heavy atom. The zero-order valence-electron chi connectivity index (χ0n) is 10.2. The maximum Gasteiger partial charge on any atom is 0.416 e. The van der Waals surface area contributed by atoms with Crippen LogP contribution in [0.15, 0.2) is 36.4 Å². The molecule has 0 aliphatic rings. The number of rotatable bonds is 3. The number of ether oxygens (including phenoxy) is 1. The standard InChI is InChI=1S/C14H7F5O2/c15-10-2-1-3-11(16)13(10)21-12-5-4-9(14(17,18)19)6-8(12)7-20/h1-7H. The average molecular weight is 302 g/mol. The molecule has 0 radical (unpaired) electrons. The van der Waals surface area contributed by atoms with Gasteiger partial charge in [0.05, 0.1) is 11.1 Å². The Hall–Kier alpha value is -2.44. The molecule has 2 aromatic carbocycles. The zero-order chi connectivity index (χ0) is 15.6. The number of hydrogen-bond donors (Lipinski definition) is 0. The van der Waals surface area contributed by atoms with Gasteiger partial charge in [0.25, 0.3) is 0 Å². The monoisotopic (exact) mass is 302 g/mol. The summed E-state index contributed by atoms with van der Waals surface area (Å²) in [4.78, 5) is 10.8. The van der Waals surface area contributed by atoms with E-state index in [1.807, 2.05) is 0 Å². The molecule has 0 bridgehead atoms. The first kappa shape index (κ1) is 15.0. The van der Waals surface area contributed by atoms with Gasteiger partial charge in [-0.3, -0.25) is 4.79 Å². The molecule has 0 N–H and O–H groups in total. The van der Waals surface area contributed by atoms with Crippen molar-refractivity contribution in [3.63, 3.8) is 0 Å². The number of aldehydes is 1. The summed E-state index contributed by atoms with van der Waals surface area (Å²) in [6.45, 7) is 0. The summed E-state index contributed by atoms with van der Waals surface area (Å²) in [6, 6.07) is 4.97. The summed E-state index contributed by atoms with van der Waals surface area (Å²) in [5, 5.41) is 0. The number of carbonyl (C=O) groups is 1. The van der Waals surface area contributed by atoms with E-state index in [0.717, 1.165) is 24.3 Å². The Balaban J connectivity index is 2.43. The van der Waals surface area contributed by atoms with Crippen LogP contribution in [0.5, 0.6) is 11.5 Å². The van der Waals surface area contributed by atoms with Crippen LogP contribution in [-0.2, 0) is 6.18 Å². The third kappa shape index (κ3) is 3.18. The third-order valence-corrected chi connectivity index (χ3v) is 2.60. The highest BCUT2D eigenvalue weighted by Gasteiger charge is 2.31. The van der Waals surface area contributed by atoms with E-state index in [9.17, 15) is 26.7 Å². The Morgan fingerprint density at radius 3 is 2.14 bits per heavy atom. The zero-order valence-corrected chi connectivity index (χ0v) is 10.2. The second-order valence-electron chi connectivity index (χ2n) is 4.02. The fraction of sp³-hybridized carbons (Fsp3) is 0.0714. The summed E-state index contributed by atoms with van der Waals surface area (Å²) in [5.41, 5.74) is -1.53. The quantitative estimate of drug-likeness (QED) is 0.612. The van der Waals surface area contributed by atoms with Gasteiger partial charge in [-0.25, -0.2) is 8.78 Å². The number of halogens is 5. The maximum atomic E-state index is 13.4. The first-order chi connectivity index (χ1) is 9.82. The van der Waals surface area contributed by atoms with E-state index in [2.05, 4.69) is 0 Å². The molecular weight excluding hydrogens is 295 g/mol. The van der Waals surface area contributed by atoms with E-state index in [-0.39, 0.29) is 12.0 Å². The topological polar surface area (TPSA) is 26.3 Å². The second-order valence-corrected chi connectivity index (χ2v) is 4.02. The molecule has 0 fully saturated rings. The molecule has 0 amide bonds. The molecule has 21 heavy (non-hydrogen) atoms. The molecule has 0 atom stereocenters. The van der Waals surface area contributed by atoms with Crippen LogP contribution in [0.1, 0.15) is 15.9 Å². The smallest absolute Gasteiger partial charge is 0.416 e. The van der Waals surface area contributed by atoms with Crippen molar-refractivity contribution in [2.75, 3.05) is 0 Å². The molecule has 0 heterocycles. The largest absolute Gasteiger partial charge is 0.450 e. The second kappa shape index (κ2) is 5.51. The Labute approximate surface area is 115 Å². The van der Waals surface area contributed by atoms with Crippen molar-refractivity contribution < 1.29 is 31.5 Å². The van der Waals surface area contributed by atoms with Crippen molar-refractivity contribution in [2.45, 2.75) is 6.18 Å². The molecule has 0 unspecified atom stereocenters. The molecule has 0 saturated carbocycles. The number of benzene rings is 2. The molecule has 0 aliphatic carbocycles. The van der Waals surface area contributed by atoms with Gasteiger partial charge >= 0.3 is 6.18 Å².